The second-order valence-corrected chi connectivity index (χ2v) is 10.6. The number of ether oxygens (including phenoxy) is 2. The van der Waals surface area contributed by atoms with Crippen molar-refractivity contribution in [2.45, 2.75) is 31.7 Å². The average molecular weight is 571 g/mol. The normalized spacial score (nSPS) is 20.3. The summed E-state index contributed by atoms with van der Waals surface area (Å²) in [5.74, 6) is 1.09. The zero-order valence-electron chi connectivity index (χ0n) is 23.1. The average Bonchev–Trinajstić information content (AvgIpc) is 3.63. The molecule has 0 unspecified atom stereocenters. The van der Waals surface area contributed by atoms with Crippen LogP contribution in [0.5, 0.6) is 0 Å². The van der Waals surface area contributed by atoms with E-state index >= 15 is 0 Å². The zero-order valence-corrected chi connectivity index (χ0v) is 23.1. The Morgan fingerprint density at radius 1 is 1.00 bits per heavy atom. The summed E-state index contributed by atoms with van der Waals surface area (Å²) in [6.07, 6.45) is -0.653. The predicted octanol–water partition coefficient (Wildman–Crippen LogP) is 2.71. The zero-order chi connectivity index (χ0) is 28.2. The van der Waals surface area contributed by atoms with E-state index in [1.165, 1.54) is 4.57 Å². The lowest BCUT2D eigenvalue weighted by molar-refractivity contribution is -0.130. The van der Waals surface area contributed by atoms with Crippen molar-refractivity contribution in [3.63, 3.8) is 0 Å². The summed E-state index contributed by atoms with van der Waals surface area (Å²) in [5, 5.41) is 3.47. The molecule has 1 N–H and O–H groups in total. The molecule has 1 atom stereocenters. The molecule has 0 radical (unpaired) electrons. The molecule has 41 heavy (non-hydrogen) atoms. The second kappa shape index (κ2) is 12.6. The van der Waals surface area contributed by atoms with E-state index in [-0.39, 0.29) is 17.8 Å². The molecule has 220 valence electrons. The fourth-order valence-corrected chi connectivity index (χ4v) is 5.70. The summed E-state index contributed by atoms with van der Waals surface area (Å²) >= 11 is 0. The molecule has 3 fully saturated rings. The van der Waals surface area contributed by atoms with Crippen molar-refractivity contribution in [2.24, 2.45) is 0 Å². The van der Waals surface area contributed by atoms with E-state index in [9.17, 15) is 13.6 Å². The lowest BCUT2D eigenvalue weighted by Crippen LogP contribution is -2.38. The van der Waals surface area contributed by atoms with Crippen molar-refractivity contribution >= 4 is 28.7 Å². The molecule has 3 saturated heterocycles. The first kappa shape index (κ1) is 27.7. The Balaban J connectivity index is 1.19. The predicted molar refractivity (Wildman–Crippen MR) is 150 cm³/mol. The highest BCUT2D eigenvalue weighted by atomic mass is 19.3. The minimum absolute atomic E-state index is 0.00687. The number of para-hydroxylation sites is 2. The van der Waals surface area contributed by atoms with Gasteiger partial charge in [-0.2, -0.15) is 9.97 Å². The molecule has 0 saturated carbocycles. The van der Waals surface area contributed by atoms with Gasteiger partial charge in [-0.1, -0.05) is 12.1 Å². The van der Waals surface area contributed by atoms with Gasteiger partial charge in [0.25, 0.3) is 6.43 Å². The van der Waals surface area contributed by atoms with Crippen LogP contribution in [0, 0.1) is 0 Å². The van der Waals surface area contributed by atoms with E-state index in [0.29, 0.717) is 74.4 Å². The molecule has 0 bridgehead atoms. The number of nitrogens with one attached hydrogen (secondary N) is 1. The minimum atomic E-state index is -2.78. The maximum absolute atomic E-state index is 14.1. The molecule has 0 spiro atoms. The third-order valence-corrected chi connectivity index (χ3v) is 7.87. The van der Waals surface area contributed by atoms with Gasteiger partial charge >= 0.3 is 0 Å². The summed E-state index contributed by atoms with van der Waals surface area (Å²) in [6.45, 7) is 7.78. The Morgan fingerprint density at radius 2 is 1.76 bits per heavy atom. The number of rotatable bonds is 9. The first-order valence-corrected chi connectivity index (χ1v) is 14.4. The van der Waals surface area contributed by atoms with Crippen molar-refractivity contribution < 1.29 is 23.0 Å². The van der Waals surface area contributed by atoms with Crippen LogP contribution in [0.2, 0.25) is 0 Å². The van der Waals surface area contributed by atoms with Crippen molar-refractivity contribution in [1.82, 2.24) is 29.3 Å². The van der Waals surface area contributed by atoms with Crippen LogP contribution in [0.4, 0.5) is 20.5 Å². The quantitative estimate of drug-likeness (QED) is 0.416. The number of carbonyl (C=O) groups is 1. The third-order valence-electron chi connectivity index (χ3n) is 7.87. The molecule has 11 nitrogen and oxygen atoms in total. The van der Waals surface area contributed by atoms with Crippen molar-refractivity contribution in [2.75, 3.05) is 82.5 Å². The highest BCUT2D eigenvalue weighted by molar-refractivity contribution is 5.78. The van der Waals surface area contributed by atoms with E-state index in [0.717, 1.165) is 45.7 Å². The van der Waals surface area contributed by atoms with Gasteiger partial charge in [-0.15, -0.1) is 0 Å². The number of fused-ring (bicyclic) bond motifs is 1. The highest BCUT2D eigenvalue weighted by Gasteiger charge is 2.28. The number of alkyl halides is 2. The largest absolute Gasteiger partial charge is 0.379 e. The second-order valence-electron chi connectivity index (χ2n) is 10.6. The number of halogens is 2. The van der Waals surface area contributed by atoms with Gasteiger partial charge in [0.15, 0.2) is 5.82 Å². The van der Waals surface area contributed by atoms with E-state index in [1.807, 2.05) is 9.80 Å². The van der Waals surface area contributed by atoms with Gasteiger partial charge < -0.3 is 24.6 Å². The molecule has 2 aromatic heterocycles. The van der Waals surface area contributed by atoms with E-state index in [4.69, 9.17) is 19.4 Å². The molecular weight excluding hydrogens is 534 g/mol. The molecule has 5 heterocycles. The number of carbonyl (C=O) groups excluding carboxylic acids is 1. The summed E-state index contributed by atoms with van der Waals surface area (Å²) in [4.78, 5) is 32.8. The number of benzene rings is 1. The van der Waals surface area contributed by atoms with E-state index < -0.39 is 6.43 Å². The van der Waals surface area contributed by atoms with E-state index in [2.05, 4.69) is 15.2 Å². The Morgan fingerprint density at radius 3 is 2.54 bits per heavy atom. The van der Waals surface area contributed by atoms with Crippen LogP contribution in [0.1, 0.15) is 31.5 Å². The Hall–Kier alpha value is -3.42. The standard InChI is InChI=1S/C28H36F2N8O3/c29-26(30)27-32-21-4-1-2-5-22(21)38(27)24-18-23(33-28(34-24)36-12-16-41-17-13-36)31-20-7-9-37(19-20)25(39)6-3-8-35-10-14-40-15-11-35/h1-2,4-5,18,20,26H,3,6-17,19H2,(H,31,33,34)/t20-/m0/s1. The number of imidazole rings is 1. The van der Waals surface area contributed by atoms with Crippen molar-refractivity contribution in [3.8, 4) is 5.82 Å². The number of amides is 1. The fourth-order valence-electron chi connectivity index (χ4n) is 5.70. The number of hydrogen-bond donors (Lipinski definition) is 1. The summed E-state index contributed by atoms with van der Waals surface area (Å²) < 4.78 is 40.6. The Kier molecular flexibility index (Phi) is 8.54. The van der Waals surface area contributed by atoms with Crippen molar-refractivity contribution in [1.29, 1.82) is 0 Å². The maximum atomic E-state index is 14.1. The molecule has 3 aliphatic rings. The number of nitrogens with zero attached hydrogens (tertiary/aromatic N) is 7. The third kappa shape index (κ3) is 6.41. The lowest BCUT2D eigenvalue weighted by atomic mass is 10.2. The first-order chi connectivity index (χ1) is 20.0. The van der Waals surface area contributed by atoms with Gasteiger partial charge in [0, 0.05) is 57.8 Å². The molecule has 1 amide bonds. The molecule has 6 rings (SSSR count). The van der Waals surface area contributed by atoms with Crippen LogP contribution in [0.15, 0.2) is 30.3 Å². The van der Waals surface area contributed by atoms with Crippen LogP contribution >= 0.6 is 0 Å². The van der Waals surface area contributed by atoms with Crippen LogP contribution < -0.4 is 10.2 Å². The Bertz CT molecular complexity index is 1340. The number of morpholine rings is 2. The van der Waals surface area contributed by atoms with Gasteiger partial charge in [-0.3, -0.25) is 14.3 Å². The monoisotopic (exact) mass is 570 g/mol. The van der Waals surface area contributed by atoms with Gasteiger partial charge in [0.05, 0.1) is 37.5 Å². The minimum Gasteiger partial charge on any atom is -0.379 e. The molecule has 0 aliphatic carbocycles. The molecule has 3 aromatic rings. The van der Waals surface area contributed by atoms with Crippen LogP contribution in [0.3, 0.4) is 0 Å². The van der Waals surface area contributed by atoms with E-state index in [1.54, 1.807) is 30.3 Å². The van der Waals surface area contributed by atoms with Crippen LogP contribution in [-0.2, 0) is 14.3 Å². The topological polar surface area (TPSA) is 101 Å². The first-order valence-electron chi connectivity index (χ1n) is 14.4. The molecule has 3 aliphatic heterocycles. The smallest absolute Gasteiger partial charge is 0.296 e. The fraction of sp³-hybridized carbons (Fsp3) is 0.571. The van der Waals surface area contributed by atoms with Gasteiger partial charge in [0.2, 0.25) is 11.9 Å². The number of hydrogen-bond acceptors (Lipinski definition) is 9. The number of aromatic nitrogens is 4. The molecule has 1 aromatic carbocycles. The van der Waals surface area contributed by atoms with Gasteiger partial charge in [-0.05, 0) is 31.5 Å². The van der Waals surface area contributed by atoms with Crippen LogP contribution in [-0.4, -0.2) is 114 Å². The summed E-state index contributed by atoms with van der Waals surface area (Å²) in [5.41, 5.74) is 1.03. The summed E-state index contributed by atoms with van der Waals surface area (Å²) in [7, 11) is 0. The van der Waals surface area contributed by atoms with Gasteiger partial charge in [-0.25, -0.2) is 13.8 Å². The van der Waals surface area contributed by atoms with Gasteiger partial charge in [0.1, 0.15) is 11.6 Å². The Labute approximate surface area is 237 Å². The van der Waals surface area contributed by atoms with Crippen LogP contribution in [0.25, 0.3) is 16.9 Å². The highest BCUT2D eigenvalue weighted by Crippen LogP contribution is 2.29. The number of likely N-dealkylation sites (tertiary alicyclic amines) is 1. The van der Waals surface area contributed by atoms with Crippen molar-refractivity contribution in [3.05, 3.63) is 36.2 Å². The summed E-state index contributed by atoms with van der Waals surface area (Å²) in [6, 6.07) is 8.73. The lowest BCUT2D eigenvalue weighted by Gasteiger charge is -2.28. The number of anilines is 2. The molecule has 13 heteroatoms. The maximum Gasteiger partial charge on any atom is 0.296 e. The SMILES string of the molecule is O=C(CCCN1CCOCC1)N1CC[C@H](Nc2cc(-n3c(C(F)F)nc4ccccc43)nc(N3CCOCC3)n2)C1. The molecular formula is C28H36F2N8O3.